The molecule has 0 fully saturated rings. The van der Waals surface area contributed by atoms with Gasteiger partial charge in [-0.3, -0.25) is 13.7 Å². The molecule has 0 unspecified atom stereocenters. The molecule has 0 heterocycles. The summed E-state index contributed by atoms with van der Waals surface area (Å²) in [5.74, 6) is 0. The topological polar surface area (TPSA) is 191 Å². The van der Waals surface area contributed by atoms with E-state index in [0.717, 1.165) is 0 Å². The minimum absolute atomic E-state index is 0. The van der Waals surface area contributed by atoms with Crippen molar-refractivity contribution < 1.29 is 92.3 Å². The molecule has 0 atom stereocenters. The van der Waals surface area contributed by atoms with Crippen LogP contribution in [-0.2, 0) is 43.7 Å². The van der Waals surface area contributed by atoms with Crippen molar-refractivity contribution in [1.82, 2.24) is 0 Å². The molecule has 0 bridgehead atoms. The molecular weight excluding hydrogens is 504 g/mol. The van der Waals surface area contributed by atoms with E-state index in [1.807, 2.05) is 0 Å². The summed E-state index contributed by atoms with van der Waals surface area (Å²) in [7, 11) is -12.5. The van der Waals surface area contributed by atoms with E-state index in [0.29, 0.717) is 0 Å². The molecule has 0 aliphatic rings. The van der Waals surface area contributed by atoms with E-state index in [9.17, 15) is 25.3 Å². The van der Waals surface area contributed by atoms with Crippen LogP contribution in [0.2, 0.25) is 0 Å². The Bertz CT molecular complexity index is 455. The van der Waals surface area contributed by atoms with E-state index in [4.69, 9.17) is 13.7 Å². The van der Waals surface area contributed by atoms with Crippen LogP contribution >= 0.6 is 0 Å². The van der Waals surface area contributed by atoms with E-state index >= 15 is 0 Å². The van der Waals surface area contributed by atoms with Crippen molar-refractivity contribution in [2.24, 2.45) is 0 Å². The van der Waals surface area contributed by atoms with Crippen LogP contribution in [0, 0.1) is 40.8 Å². The average Bonchev–Trinajstić information content (AvgIpc) is 2.12. The van der Waals surface area contributed by atoms with Gasteiger partial charge in [-0.15, -0.1) is 0 Å². The van der Waals surface area contributed by atoms with Crippen LogP contribution in [0.1, 0.15) is 20.8 Å². The molecular formula is C6H18NdO12S3. The third-order valence-electron chi connectivity index (χ3n) is 0.800. The molecule has 136 valence electrons. The molecule has 0 saturated heterocycles. The third-order valence-corrected chi connectivity index (χ3v) is 2.40. The summed E-state index contributed by atoms with van der Waals surface area (Å²) in [5, 5.41) is 0. The Morgan fingerprint density at radius 3 is 0.727 bits per heavy atom. The molecule has 0 spiro atoms. The van der Waals surface area contributed by atoms with Gasteiger partial charge in [-0.05, 0) is 20.8 Å². The summed E-state index contributed by atoms with van der Waals surface area (Å²) >= 11 is 0. The number of rotatable bonds is 6. The quantitative estimate of drug-likeness (QED) is 0.379. The van der Waals surface area contributed by atoms with Gasteiger partial charge in [0.05, 0.1) is 19.8 Å². The van der Waals surface area contributed by atoms with E-state index in [1.165, 1.54) is 20.8 Å². The maximum atomic E-state index is 9.56. The van der Waals surface area contributed by atoms with Gasteiger partial charge in [0, 0.05) is 40.8 Å². The second kappa shape index (κ2) is 15.5. The maximum absolute atomic E-state index is 9.56. The van der Waals surface area contributed by atoms with E-state index in [-0.39, 0.29) is 60.7 Å². The van der Waals surface area contributed by atoms with Crippen molar-refractivity contribution in [3.8, 4) is 0 Å². The maximum Gasteiger partial charge on any atom is 0.397 e. The molecule has 16 heteroatoms. The summed E-state index contributed by atoms with van der Waals surface area (Å²) in [6, 6.07) is 0. The van der Waals surface area contributed by atoms with Crippen LogP contribution in [0.15, 0.2) is 0 Å². The molecule has 0 aliphatic heterocycles. The van der Waals surface area contributed by atoms with E-state index in [1.54, 1.807) is 0 Å². The molecule has 12 nitrogen and oxygen atoms in total. The minimum Gasteiger partial charge on any atom is -0.264 e. The Kier molecular flexibility index (Phi) is 21.7. The van der Waals surface area contributed by atoms with Crippen LogP contribution in [0.3, 0.4) is 0 Å². The monoisotopic (exact) mass is 520 g/mol. The van der Waals surface area contributed by atoms with Crippen molar-refractivity contribution in [2.45, 2.75) is 20.8 Å². The van der Waals surface area contributed by atoms with E-state index in [2.05, 4.69) is 12.5 Å². The van der Waals surface area contributed by atoms with Crippen molar-refractivity contribution in [3.63, 3.8) is 0 Å². The summed E-state index contributed by atoms with van der Waals surface area (Å²) in [4.78, 5) is 0. The van der Waals surface area contributed by atoms with Gasteiger partial charge in [0.25, 0.3) is 0 Å². The largest absolute Gasteiger partial charge is 0.397 e. The summed E-state index contributed by atoms with van der Waals surface area (Å²) < 4.78 is 92.0. The zero-order valence-electron chi connectivity index (χ0n) is 11.9. The first kappa shape index (κ1) is 30.8. The van der Waals surface area contributed by atoms with Crippen molar-refractivity contribution in [3.05, 3.63) is 0 Å². The molecule has 0 aromatic heterocycles. The molecule has 0 aromatic rings. The number of hydrogen-bond donors (Lipinski definition) is 3. The SMILES string of the molecule is CCOS(=O)(=O)O.CCOS(=O)(=O)O.CCOS(=O)(=O)O.[Nd]. The molecule has 0 aromatic carbocycles. The van der Waals surface area contributed by atoms with Gasteiger partial charge in [0.15, 0.2) is 0 Å². The first-order chi connectivity index (χ1) is 9.18. The molecule has 0 rings (SSSR count). The molecule has 3 N–H and O–H groups in total. The standard InChI is InChI=1S/3C2H6O4S.Nd/c3*1-2-6-7(3,4)5;/h3*2H2,1H3,(H,3,4,5);. The van der Waals surface area contributed by atoms with Gasteiger partial charge in [0.2, 0.25) is 0 Å². The van der Waals surface area contributed by atoms with Crippen LogP contribution < -0.4 is 0 Å². The number of hydrogen-bond acceptors (Lipinski definition) is 9. The van der Waals surface area contributed by atoms with Crippen LogP contribution in [-0.4, -0.2) is 58.7 Å². The van der Waals surface area contributed by atoms with Crippen molar-refractivity contribution in [2.75, 3.05) is 19.8 Å². The molecule has 0 saturated carbocycles. The fraction of sp³-hybridized carbons (Fsp3) is 1.00. The first-order valence-electron chi connectivity index (χ1n) is 5.04. The van der Waals surface area contributed by atoms with Gasteiger partial charge >= 0.3 is 31.2 Å². The van der Waals surface area contributed by atoms with E-state index < -0.39 is 31.2 Å². The minimum atomic E-state index is -4.17. The summed E-state index contributed by atoms with van der Waals surface area (Å²) in [5.41, 5.74) is 0. The van der Waals surface area contributed by atoms with Crippen molar-refractivity contribution in [1.29, 1.82) is 0 Å². The predicted octanol–water partition coefficient (Wildman–Crippen LogP) is -0.523. The molecule has 0 amide bonds. The predicted molar refractivity (Wildman–Crippen MR) is 69.5 cm³/mol. The summed E-state index contributed by atoms with van der Waals surface area (Å²) in [6.45, 7) is 4.31. The Hall–Kier alpha value is 0.961. The Labute approximate surface area is 162 Å². The first-order valence-corrected chi connectivity index (χ1v) is 9.13. The van der Waals surface area contributed by atoms with Crippen LogP contribution in [0.4, 0.5) is 0 Å². The van der Waals surface area contributed by atoms with Gasteiger partial charge in [-0.1, -0.05) is 0 Å². The second-order valence-corrected chi connectivity index (χ2v) is 5.78. The fourth-order valence-electron chi connectivity index (χ4n) is 0.447. The third kappa shape index (κ3) is 49.7. The smallest absolute Gasteiger partial charge is 0.264 e. The molecule has 0 aliphatic carbocycles. The Balaban J connectivity index is -0.000000108. The molecule has 22 heavy (non-hydrogen) atoms. The van der Waals surface area contributed by atoms with Gasteiger partial charge < -0.3 is 0 Å². The Morgan fingerprint density at radius 1 is 0.591 bits per heavy atom. The van der Waals surface area contributed by atoms with Gasteiger partial charge in [-0.25, -0.2) is 12.5 Å². The normalized spacial score (nSPS) is 11.2. The average molecular weight is 523 g/mol. The zero-order valence-corrected chi connectivity index (χ0v) is 17.5. The molecule has 0 radical (unpaired) electrons. The zero-order chi connectivity index (χ0) is 17.7. The van der Waals surface area contributed by atoms with Gasteiger partial charge in [-0.2, -0.15) is 25.3 Å². The second-order valence-electron chi connectivity index (χ2n) is 2.50. The fourth-order valence-corrected chi connectivity index (χ4v) is 1.34. The van der Waals surface area contributed by atoms with Crippen LogP contribution in [0.25, 0.3) is 0 Å². The Morgan fingerprint density at radius 2 is 0.727 bits per heavy atom. The van der Waals surface area contributed by atoms with Crippen molar-refractivity contribution >= 4 is 31.2 Å². The van der Waals surface area contributed by atoms with Gasteiger partial charge in [0.1, 0.15) is 0 Å². The van der Waals surface area contributed by atoms with Crippen LogP contribution in [0.5, 0.6) is 0 Å². The summed E-state index contributed by atoms with van der Waals surface area (Å²) in [6.07, 6.45) is 0.